The summed E-state index contributed by atoms with van der Waals surface area (Å²) in [5.41, 5.74) is 2.44. The van der Waals surface area contributed by atoms with Crippen molar-refractivity contribution in [2.24, 2.45) is 0 Å². The molecule has 1 N–H and O–H groups in total. The van der Waals surface area contributed by atoms with Crippen LogP contribution in [-0.4, -0.2) is 5.91 Å². The standard InChI is InChI=1S/C8H9NO/c10-8-5-4-6-2-1-3-7(6)9-8/h1-2H,3-5H2,(H,9,10). The Bertz CT molecular complexity index is 238. The van der Waals surface area contributed by atoms with E-state index in [0.717, 1.165) is 18.5 Å². The summed E-state index contributed by atoms with van der Waals surface area (Å²) in [5.74, 6) is 0.169. The summed E-state index contributed by atoms with van der Waals surface area (Å²) in [6.45, 7) is 0. The van der Waals surface area contributed by atoms with Gasteiger partial charge in [-0.3, -0.25) is 4.79 Å². The number of allylic oxidation sites excluding steroid dienone is 3. The lowest BCUT2D eigenvalue weighted by molar-refractivity contribution is -0.120. The molecule has 2 rings (SSSR count). The van der Waals surface area contributed by atoms with E-state index >= 15 is 0 Å². The van der Waals surface area contributed by atoms with E-state index in [-0.39, 0.29) is 5.91 Å². The summed E-state index contributed by atoms with van der Waals surface area (Å²) >= 11 is 0. The Hall–Kier alpha value is -1.05. The Balaban J connectivity index is 2.26. The molecule has 0 radical (unpaired) electrons. The van der Waals surface area contributed by atoms with Gasteiger partial charge < -0.3 is 5.32 Å². The second-order valence-corrected chi connectivity index (χ2v) is 2.66. The topological polar surface area (TPSA) is 29.1 Å². The molecule has 0 fully saturated rings. The second-order valence-electron chi connectivity index (χ2n) is 2.66. The van der Waals surface area contributed by atoms with Gasteiger partial charge in [0.05, 0.1) is 0 Å². The van der Waals surface area contributed by atoms with Gasteiger partial charge in [-0.1, -0.05) is 12.2 Å². The summed E-state index contributed by atoms with van der Waals surface area (Å²) in [6, 6.07) is 0. The van der Waals surface area contributed by atoms with Crippen molar-refractivity contribution in [2.45, 2.75) is 19.3 Å². The Morgan fingerprint density at radius 1 is 1.40 bits per heavy atom. The third-order valence-electron chi connectivity index (χ3n) is 1.94. The maximum absolute atomic E-state index is 10.8. The van der Waals surface area contributed by atoms with Crippen molar-refractivity contribution in [3.05, 3.63) is 23.4 Å². The molecule has 0 atom stereocenters. The van der Waals surface area contributed by atoms with Crippen LogP contribution < -0.4 is 5.32 Å². The molecule has 2 aliphatic rings. The lowest BCUT2D eigenvalue weighted by Crippen LogP contribution is -2.26. The summed E-state index contributed by atoms with van der Waals surface area (Å²) in [5, 5.41) is 2.86. The van der Waals surface area contributed by atoms with Crippen LogP contribution in [0.3, 0.4) is 0 Å². The van der Waals surface area contributed by atoms with E-state index in [0.29, 0.717) is 6.42 Å². The van der Waals surface area contributed by atoms with Gasteiger partial charge in [-0.15, -0.1) is 0 Å². The monoisotopic (exact) mass is 135 g/mol. The van der Waals surface area contributed by atoms with Crippen molar-refractivity contribution in [1.29, 1.82) is 0 Å². The molecule has 10 heavy (non-hydrogen) atoms. The zero-order chi connectivity index (χ0) is 6.97. The minimum Gasteiger partial charge on any atom is -0.329 e. The van der Waals surface area contributed by atoms with E-state index in [1.165, 1.54) is 5.57 Å². The maximum atomic E-state index is 10.8. The summed E-state index contributed by atoms with van der Waals surface area (Å²) in [6.07, 6.45) is 6.70. The highest BCUT2D eigenvalue weighted by molar-refractivity contribution is 5.80. The van der Waals surface area contributed by atoms with Crippen molar-refractivity contribution in [2.75, 3.05) is 0 Å². The number of carbonyl (C=O) groups is 1. The van der Waals surface area contributed by atoms with Crippen LogP contribution in [-0.2, 0) is 4.79 Å². The predicted octanol–water partition coefficient (Wildman–Crippen LogP) is 1.11. The molecule has 0 bridgehead atoms. The summed E-state index contributed by atoms with van der Waals surface area (Å²) in [4.78, 5) is 10.8. The number of amides is 1. The molecule has 2 heteroatoms. The first-order valence-electron chi connectivity index (χ1n) is 3.55. The molecule has 0 spiro atoms. The van der Waals surface area contributed by atoms with E-state index in [1.54, 1.807) is 0 Å². The van der Waals surface area contributed by atoms with Gasteiger partial charge in [0.25, 0.3) is 0 Å². The Kier molecular flexibility index (Phi) is 1.13. The first-order valence-corrected chi connectivity index (χ1v) is 3.55. The fraction of sp³-hybridized carbons (Fsp3) is 0.375. The minimum absolute atomic E-state index is 0.169. The highest BCUT2D eigenvalue weighted by Gasteiger charge is 2.17. The van der Waals surface area contributed by atoms with Crippen LogP contribution in [0.2, 0.25) is 0 Å². The van der Waals surface area contributed by atoms with Gasteiger partial charge in [0.15, 0.2) is 0 Å². The highest BCUT2D eigenvalue weighted by Crippen LogP contribution is 2.24. The molecular formula is C8H9NO. The van der Waals surface area contributed by atoms with Crippen LogP contribution in [0.25, 0.3) is 0 Å². The van der Waals surface area contributed by atoms with E-state index in [2.05, 4.69) is 17.5 Å². The molecule has 1 heterocycles. The maximum Gasteiger partial charge on any atom is 0.224 e. The highest BCUT2D eigenvalue weighted by atomic mass is 16.1. The van der Waals surface area contributed by atoms with E-state index in [1.807, 2.05) is 0 Å². The van der Waals surface area contributed by atoms with Crippen molar-refractivity contribution in [3.63, 3.8) is 0 Å². The average Bonchev–Trinajstić information content (AvgIpc) is 2.33. The predicted molar refractivity (Wildman–Crippen MR) is 38.2 cm³/mol. The summed E-state index contributed by atoms with van der Waals surface area (Å²) in [7, 11) is 0. The molecule has 2 nitrogen and oxygen atoms in total. The second kappa shape index (κ2) is 1.97. The smallest absolute Gasteiger partial charge is 0.224 e. The normalized spacial score (nSPS) is 23.0. The number of carbonyl (C=O) groups excluding carboxylic acids is 1. The van der Waals surface area contributed by atoms with Gasteiger partial charge in [0, 0.05) is 18.5 Å². The van der Waals surface area contributed by atoms with Gasteiger partial charge in [0.2, 0.25) is 5.91 Å². The zero-order valence-electron chi connectivity index (χ0n) is 5.68. The SMILES string of the molecule is O=C1CCC2=C(CC=C2)N1. The largest absolute Gasteiger partial charge is 0.329 e. The van der Waals surface area contributed by atoms with Gasteiger partial charge in [0.1, 0.15) is 0 Å². The molecule has 0 saturated carbocycles. The van der Waals surface area contributed by atoms with E-state index in [4.69, 9.17) is 0 Å². The molecule has 0 saturated heterocycles. The van der Waals surface area contributed by atoms with Crippen LogP contribution in [0.1, 0.15) is 19.3 Å². The van der Waals surface area contributed by atoms with Crippen LogP contribution in [0, 0.1) is 0 Å². The fourth-order valence-electron chi connectivity index (χ4n) is 1.40. The van der Waals surface area contributed by atoms with Crippen molar-refractivity contribution < 1.29 is 4.79 Å². The van der Waals surface area contributed by atoms with Crippen molar-refractivity contribution >= 4 is 5.91 Å². The zero-order valence-corrected chi connectivity index (χ0v) is 5.68. The fourth-order valence-corrected chi connectivity index (χ4v) is 1.40. The molecule has 52 valence electrons. The third kappa shape index (κ3) is 0.764. The Morgan fingerprint density at radius 2 is 2.30 bits per heavy atom. The van der Waals surface area contributed by atoms with Crippen LogP contribution in [0.15, 0.2) is 23.4 Å². The minimum atomic E-state index is 0.169. The van der Waals surface area contributed by atoms with E-state index in [9.17, 15) is 4.79 Å². The molecular weight excluding hydrogens is 126 g/mol. The first kappa shape index (κ1) is 5.71. The van der Waals surface area contributed by atoms with E-state index < -0.39 is 0 Å². The van der Waals surface area contributed by atoms with Gasteiger partial charge in [-0.2, -0.15) is 0 Å². The number of nitrogens with one attached hydrogen (secondary N) is 1. The van der Waals surface area contributed by atoms with Gasteiger partial charge >= 0.3 is 0 Å². The molecule has 1 aliphatic carbocycles. The molecule has 0 unspecified atom stereocenters. The number of hydrogen-bond acceptors (Lipinski definition) is 1. The first-order chi connectivity index (χ1) is 4.86. The Labute approximate surface area is 59.6 Å². The average molecular weight is 135 g/mol. The Morgan fingerprint density at radius 3 is 3.20 bits per heavy atom. The quantitative estimate of drug-likeness (QED) is 0.529. The summed E-state index contributed by atoms with van der Waals surface area (Å²) < 4.78 is 0. The van der Waals surface area contributed by atoms with Crippen LogP contribution in [0.4, 0.5) is 0 Å². The lowest BCUT2D eigenvalue weighted by Gasteiger charge is -2.14. The van der Waals surface area contributed by atoms with Crippen LogP contribution >= 0.6 is 0 Å². The van der Waals surface area contributed by atoms with Crippen LogP contribution in [0.5, 0.6) is 0 Å². The molecule has 0 aromatic rings. The van der Waals surface area contributed by atoms with Gasteiger partial charge in [-0.05, 0) is 12.0 Å². The molecule has 1 amide bonds. The molecule has 1 aliphatic heterocycles. The van der Waals surface area contributed by atoms with Crippen molar-refractivity contribution in [1.82, 2.24) is 5.32 Å². The third-order valence-corrected chi connectivity index (χ3v) is 1.94. The molecule has 0 aromatic carbocycles. The van der Waals surface area contributed by atoms with Gasteiger partial charge in [-0.25, -0.2) is 0 Å². The molecule has 0 aromatic heterocycles. The number of hydrogen-bond donors (Lipinski definition) is 1. The van der Waals surface area contributed by atoms with Crippen molar-refractivity contribution in [3.8, 4) is 0 Å². The number of rotatable bonds is 0. The lowest BCUT2D eigenvalue weighted by atomic mass is 10.1.